The predicted octanol–water partition coefficient (Wildman–Crippen LogP) is 4.39. The highest BCUT2D eigenvalue weighted by atomic mass is 79.9. The zero-order valence-corrected chi connectivity index (χ0v) is 13.5. The topological polar surface area (TPSA) is 30.5 Å². The second-order valence-electron chi connectivity index (χ2n) is 4.50. The van der Waals surface area contributed by atoms with Gasteiger partial charge in [0.1, 0.15) is 11.5 Å². The molecule has 0 atom stereocenters. The van der Waals surface area contributed by atoms with Crippen LogP contribution in [0.25, 0.3) is 0 Å². The van der Waals surface area contributed by atoms with Crippen LogP contribution < -0.4 is 14.8 Å². The van der Waals surface area contributed by atoms with Crippen LogP contribution >= 0.6 is 15.9 Å². The highest BCUT2D eigenvalue weighted by Crippen LogP contribution is 2.26. The van der Waals surface area contributed by atoms with Crippen molar-refractivity contribution < 1.29 is 9.47 Å². The Hall–Kier alpha value is -1.68. The fourth-order valence-electron chi connectivity index (χ4n) is 1.98. The van der Waals surface area contributed by atoms with Gasteiger partial charge in [0.2, 0.25) is 0 Å². The molecule has 0 aliphatic rings. The van der Waals surface area contributed by atoms with E-state index in [9.17, 15) is 0 Å². The van der Waals surface area contributed by atoms with Gasteiger partial charge in [-0.25, -0.2) is 0 Å². The SMILES string of the molecule is COc1ccc(NCc2ccc(OC)c(Br)c2)c(C)c1. The van der Waals surface area contributed by atoms with Crippen molar-refractivity contribution in [1.82, 2.24) is 0 Å². The first-order valence-electron chi connectivity index (χ1n) is 6.35. The Bertz CT molecular complexity index is 599. The van der Waals surface area contributed by atoms with Gasteiger partial charge in [-0.3, -0.25) is 0 Å². The molecule has 3 nitrogen and oxygen atoms in total. The van der Waals surface area contributed by atoms with Gasteiger partial charge < -0.3 is 14.8 Å². The number of rotatable bonds is 5. The summed E-state index contributed by atoms with van der Waals surface area (Å²) in [5.41, 5.74) is 3.46. The van der Waals surface area contributed by atoms with Gasteiger partial charge in [0, 0.05) is 12.2 Å². The molecule has 0 unspecified atom stereocenters. The highest BCUT2D eigenvalue weighted by Gasteiger charge is 2.03. The molecule has 0 fully saturated rings. The van der Waals surface area contributed by atoms with Crippen LogP contribution in [0.15, 0.2) is 40.9 Å². The van der Waals surface area contributed by atoms with Crippen molar-refractivity contribution in [3.05, 3.63) is 52.0 Å². The number of halogens is 1. The van der Waals surface area contributed by atoms with Crippen LogP contribution in [0.4, 0.5) is 5.69 Å². The van der Waals surface area contributed by atoms with Gasteiger partial charge >= 0.3 is 0 Å². The molecule has 1 N–H and O–H groups in total. The monoisotopic (exact) mass is 335 g/mol. The van der Waals surface area contributed by atoms with Gasteiger partial charge in [0.15, 0.2) is 0 Å². The molecule has 0 saturated heterocycles. The van der Waals surface area contributed by atoms with E-state index in [1.165, 1.54) is 5.56 Å². The number of benzene rings is 2. The molecule has 0 aliphatic heterocycles. The Morgan fingerprint density at radius 3 is 2.45 bits per heavy atom. The smallest absolute Gasteiger partial charge is 0.133 e. The van der Waals surface area contributed by atoms with E-state index in [1.54, 1.807) is 14.2 Å². The maximum Gasteiger partial charge on any atom is 0.133 e. The van der Waals surface area contributed by atoms with Gasteiger partial charge in [-0.15, -0.1) is 0 Å². The van der Waals surface area contributed by atoms with Crippen LogP contribution in [0.3, 0.4) is 0 Å². The van der Waals surface area contributed by atoms with Crippen molar-refractivity contribution in [1.29, 1.82) is 0 Å². The third-order valence-electron chi connectivity index (χ3n) is 3.13. The van der Waals surface area contributed by atoms with Crippen LogP contribution in [-0.2, 0) is 6.54 Å². The van der Waals surface area contributed by atoms with Crippen molar-refractivity contribution in [2.75, 3.05) is 19.5 Å². The summed E-state index contributed by atoms with van der Waals surface area (Å²) in [6, 6.07) is 12.1. The van der Waals surface area contributed by atoms with Crippen LogP contribution in [0.2, 0.25) is 0 Å². The molecule has 0 amide bonds. The summed E-state index contributed by atoms with van der Waals surface area (Å²) in [7, 11) is 3.34. The van der Waals surface area contributed by atoms with Gasteiger partial charge in [0.25, 0.3) is 0 Å². The minimum atomic E-state index is 0.760. The quantitative estimate of drug-likeness (QED) is 0.879. The number of ether oxygens (including phenoxy) is 2. The zero-order chi connectivity index (χ0) is 14.5. The van der Waals surface area contributed by atoms with E-state index < -0.39 is 0 Å². The van der Waals surface area contributed by atoms with Crippen LogP contribution in [-0.4, -0.2) is 14.2 Å². The van der Waals surface area contributed by atoms with E-state index in [2.05, 4.69) is 40.3 Å². The standard InChI is InChI=1S/C16H18BrNO2/c1-11-8-13(19-2)5-6-15(11)18-10-12-4-7-16(20-3)14(17)9-12/h4-9,18H,10H2,1-3H3. The summed E-state index contributed by atoms with van der Waals surface area (Å²) >= 11 is 3.50. The Morgan fingerprint density at radius 1 is 1.05 bits per heavy atom. The number of hydrogen-bond donors (Lipinski definition) is 1. The van der Waals surface area contributed by atoms with Crippen LogP contribution in [0.5, 0.6) is 11.5 Å². The molecule has 4 heteroatoms. The van der Waals surface area contributed by atoms with E-state index in [4.69, 9.17) is 9.47 Å². The third-order valence-corrected chi connectivity index (χ3v) is 3.75. The Labute approximate surface area is 128 Å². The molecular formula is C16H18BrNO2. The molecule has 20 heavy (non-hydrogen) atoms. The average Bonchev–Trinajstić information content (AvgIpc) is 2.46. The molecule has 0 aliphatic carbocycles. The highest BCUT2D eigenvalue weighted by molar-refractivity contribution is 9.10. The first-order valence-corrected chi connectivity index (χ1v) is 7.14. The molecule has 2 aromatic rings. The predicted molar refractivity (Wildman–Crippen MR) is 85.8 cm³/mol. The number of methoxy groups -OCH3 is 2. The zero-order valence-electron chi connectivity index (χ0n) is 11.9. The minimum Gasteiger partial charge on any atom is -0.497 e. The van der Waals surface area contributed by atoms with E-state index in [1.807, 2.05) is 24.3 Å². The number of aryl methyl sites for hydroxylation is 1. The summed E-state index contributed by atoms with van der Waals surface area (Å²) in [5.74, 6) is 1.72. The lowest BCUT2D eigenvalue weighted by atomic mass is 10.1. The second-order valence-corrected chi connectivity index (χ2v) is 5.36. The molecule has 0 saturated carbocycles. The van der Waals surface area contributed by atoms with Crippen molar-refractivity contribution >= 4 is 21.6 Å². The molecule has 106 valence electrons. The van der Waals surface area contributed by atoms with Gasteiger partial charge in [-0.1, -0.05) is 6.07 Å². The lowest BCUT2D eigenvalue weighted by molar-refractivity contribution is 0.412. The van der Waals surface area contributed by atoms with E-state index >= 15 is 0 Å². The molecular weight excluding hydrogens is 318 g/mol. The lowest BCUT2D eigenvalue weighted by Crippen LogP contribution is -2.01. The molecule has 0 radical (unpaired) electrons. The Morgan fingerprint density at radius 2 is 1.85 bits per heavy atom. The second kappa shape index (κ2) is 6.66. The maximum atomic E-state index is 5.23. The van der Waals surface area contributed by atoms with Gasteiger partial charge in [0.05, 0.1) is 18.7 Å². The summed E-state index contributed by atoms with van der Waals surface area (Å²) < 4.78 is 11.4. The average molecular weight is 336 g/mol. The van der Waals surface area contributed by atoms with Gasteiger partial charge in [-0.2, -0.15) is 0 Å². The van der Waals surface area contributed by atoms with Crippen molar-refractivity contribution in [2.24, 2.45) is 0 Å². The molecule has 2 aromatic carbocycles. The largest absolute Gasteiger partial charge is 0.497 e. The lowest BCUT2D eigenvalue weighted by Gasteiger charge is -2.12. The Balaban J connectivity index is 2.07. The molecule has 2 rings (SSSR count). The third kappa shape index (κ3) is 3.45. The van der Waals surface area contributed by atoms with Crippen LogP contribution in [0.1, 0.15) is 11.1 Å². The van der Waals surface area contributed by atoms with Crippen molar-refractivity contribution in [3.8, 4) is 11.5 Å². The number of anilines is 1. The molecule has 0 aromatic heterocycles. The van der Waals surface area contributed by atoms with Crippen molar-refractivity contribution in [2.45, 2.75) is 13.5 Å². The Kier molecular flexibility index (Phi) is 4.90. The van der Waals surface area contributed by atoms with E-state index in [-0.39, 0.29) is 0 Å². The first-order chi connectivity index (χ1) is 9.63. The van der Waals surface area contributed by atoms with Crippen LogP contribution in [0, 0.1) is 6.92 Å². The summed E-state index contributed by atoms with van der Waals surface area (Å²) in [6.07, 6.45) is 0. The summed E-state index contributed by atoms with van der Waals surface area (Å²) in [6.45, 7) is 2.82. The summed E-state index contributed by atoms with van der Waals surface area (Å²) in [5, 5.41) is 3.43. The molecule has 0 spiro atoms. The fourth-order valence-corrected chi connectivity index (χ4v) is 2.57. The number of nitrogens with one attached hydrogen (secondary N) is 1. The molecule has 0 heterocycles. The first kappa shape index (κ1) is 14.7. The van der Waals surface area contributed by atoms with E-state index in [0.29, 0.717) is 0 Å². The maximum absolute atomic E-state index is 5.23. The molecule has 0 bridgehead atoms. The minimum absolute atomic E-state index is 0.760. The fraction of sp³-hybridized carbons (Fsp3) is 0.250. The van der Waals surface area contributed by atoms with Gasteiger partial charge in [-0.05, 0) is 64.3 Å². The van der Waals surface area contributed by atoms with Crippen molar-refractivity contribution in [3.63, 3.8) is 0 Å². The number of hydrogen-bond acceptors (Lipinski definition) is 3. The van der Waals surface area contributed by atoms with E-state index in [0.717, 1.165) is 33.8 Å². The summed E-state index contributed by atoms with van der Waals surface area (Å²) in [4.78, 5) is 0. The normalized spacial score (nSPS) is 10.2.